The minimum Gasteiger partial charge on any atom is -0.495 e. The second kappa shape index (κ2) is 6.21. The topological polar surface area (TPSA) is 80.1 Å². The number of nitriles is 1. The molecular formula is C13H11BrN4O2. The lowest BCUT2D eigenvalue weighted by Crippen LogP contribution is -2.00. The van der Waals surface area contributed by atoms with Crippen LogP contribution in [-0.4, -0.2) is 24.2 Å². The molecular weight excluding hydrogens is 324 g/mol. The van der Waals surface area contributed by atoms with Crippen LogP contribution >= 0.6 is 15.9 Å². The van der Waals surface area contributed by atoms with Gasteiger partial charge in [-0.3, -0.25) is 0 Å². The van der Waals surface area contributed by atoms with Crippen LogP contribution in [0, 0.1) is 11.3 Å². The monoisotopic (exact) mass is 334 g/mol. The molecule has 20 heavy (non-hydrogen) atoms. The predicted molar refractivity (Wildman–Crippen MR) is 77.3 cm³/mol. The minimum absolute atomic E-state index is 0.216. The molecule has 1 N–H and O–H groups in total. The van der Waals surface area contributed by atoms with E-state index in [2.05, 4.69) is 31.2 Å². The first-order chi connectivity index (χ1) is 9.69. The number of benzene rings is 1. The number of ether oxygens (including phenoxy) is 2. The van der Waals surface area contributed by atoms with E-state index < -0.39 is 0 Å². The Morgan fingerprint density at radius 3 is 2.30 bits per heavy atom. The highest BCUT2D eigenvalue weighted by Gasteiger charge is 2.11. The zero-order valence-electron chi connectivity index (χ0n) is 10.8. The smallest absolute Gasteiger partial charge is 0.183 e. The SMILES string of the molecule is COc1cc(Nc2nccnc2C#N)cc(OC)c1Br. The van der Waals surface area contributed by atoms with Crippen molar-refractivity contribution in [2.45, 2.75) is 0 Å². The maximum absolute atomic E-state index is 8.99. The molecule has 2 rings (SSSR count). The third-order valence-electron chi connectivity index (χ3n) is 2.51. The van der Waals surface area contributed by atoms with Gasteiger partial charge in [0.15, 0.2) is 11.5 Å². The van der Waals surface area contributed by atoms with Gasteiger partial charge in [-0.15, -0.1) is 0 Å². The molecule has 1 aromatic heterocycles. The van der Waals surface area contributed by atoms with E-state index in [4.69, 9.17) is 14.7 Å². The third-order valence-corrected chi connectivity index (χ3v) is 3.29. The summed E-state index contributed by atoms with van der Waals surface area (Å²) in [5.74, 6) is 1.59. The van der Waals surface area contributed by atoms with Gasteiger partial charge in [0.05, 0.1) is 14.2 Å². The first kappa shape index (κ1) is 14.1. The maximum Gasteiger partial charge on any atom is 0.183 e. The number of aromatic nitrogens is 2. The predicted octanol–water partition coefficient (Wildman–Crippen LogP) is 2.87. The van der Waals surface area contributed by atoms with Crippen LogP contribution in [0.5, 0.6) is 11.5 Å². The van der Waals surface area contributed by atoms with Crippen molar-refractivity contribution in [3.05, 3.63) is 34.7 Å². The quantitative estimate of drug-likeness (QED) is 0.925. The molecule has 102 valence electrons. The van der Waals surface area contributed by atoms with Crippen LogP contribution in [-0.2, 0) is 0 Å². The Morgan fingerprint density at radius 2 is 1.75 bits per heavy atom. The molecule has 0 amide bonds. The van der Waals surface area contributed by atoms with Crippen molar-refractivity contribution in [1.82, 2.24) is 9.97 Å². The molecule has 1 heterocycles. The summed E-state index contributed by atoms with van der Waals surface area (Å²) in [5, 5.41) is 12.0. The van der Waals surface area contributed by atoms with Crippen LogP contribution in [0.2, 0.25) is 0 Å². The molecule has 7 heteroatoms. The Labute approximate surface area is 124 Å². The van der Waals surface area contributed by atoms with Crippen molar-refractivity contribution in [2.75, 3.05) is 19.5 Å². The molecule has 0 spiro atoms. The lowest BCUT2D eigenvalue weighted by Gasteiger charge is -2.12. The van der Waals surface area contributed by atoms with Gasteiger partial charge in [-0.05, 0) is 15.9 Å². The van der Waals surface area contributed by atoms with E-state index in [0.29, 0.717) is 27.5 Å². The highest BCUT2D eigenvalue weighted by atomic mass is 79.9. The standard InChI is InChI=1S/C13H11BrN4O2/c1-19-10-5-8(6-11(20-2)12(10)14)18-13-9(7-15)16-3-4-17-13/h3-6H,1-2H3,(H,17,18). The van der Waals surface area contributed by atoms with E-state index >= 15 is 0 Å². The number of nitrogens with zero attached hydrogens (tertiary/aromatic N) is 3. The molecule has 0 unspecified atom stereocenters. The highest BCUT2D eigenvalue weighted by molar-refractivity contribution is 9.10. The third kappa shape index (κ3) is 2.81. The van der Waals surface area contributed by atoms with E-state index in [1.807, 2.05) is 6.07 Å². The molecule has 0 fully saturated rings. The fourth-order valence-corrected chi connectivity index (χ4v) is 2.14. The molecule has 0 bridgehead atoms. The molecule has 0 aliphatic rings. The number of hydrogen-bond donors (Lipinski definition) is 1. The Hall–Kier alpha value is -2.33. The zero-order valence-corrected chi connectivity index (χ0v) is 12.4. The summed E-state index contributed by atoms with van der Waals surface area (Å²) in [4.78, 5) is 8.03. The summed E-state index contributed by atoms with van der Waals surface area (Å²) in [6.07, 6.45) is 2.98. The summed E-state index contributed by atoms with van der Waals surface area (Å²) in [5.41, 5.74) is 0.896. The van der Waals surface area contributed by atoms with Gasteiger partial charge in [0, 0.05) is 30.2 Å². The summed E-state index contributed by atoms with van der Waals surface area (Å²) in [6.45, 7) is 0. The molecule has 0 aliphatic heterocycles. The van der Waals surface area contributed by atoms with E-state index in [-0.39, 0.29) is 5.69 Å². The fourth-order valence-electron chi connectivity index (χ4n) is 1.59. The Kier molecular flexibility index (Phi) is 4.38. The summed E-state index contributed by atoms with van der Waals surface area (Å²) in [6, 6.07) is 5.51. The van der Waals surface area contributed by atoms with Gasteiger partial charge in [0.2, 0.25) is 0 Å². The number of hydrogen-bond acceptors (Lipinski definition) is 6. The molecule has 6 nitrogen and oxygen atoms in total. The van der Waals surface area contributed by atoms with E-state index in [1.54, 1.807) is 26.4 Å². The van der Waals surface area contributed by atoms with E-state index in [1.165, 1.54) is 12.4 Å². The van der Waals surface area contributed by atoms with Crippen molar-refractivity contribution in [2.24, 2.45) is 0 Å². The second-order valence-corrected chi connectivity index (χ2v) is 4.48. The normalized spacial score (nSPS) is 9.70. The van der Waals surface area contributed by atoms with E-state index in [0.717, 1.165) is 0 Å². The van der Waals surface area contributed by atoms with Crippen molar-refractivity contribution in [3.63, 3.8) is 0 Å². The van der Waals surface area contributed by atoms with Crippen molar-refractivity contribution < 1.29 is 9.47 Å². The van der Waals surface area contributed by atoms with Gasteiger partial charge in [-0.1, -0.05) is 0 Å². The van der Waals surface area contributed by atoms with Crippen LogP contribution < -0.4 is 14.8 Å². The van der Waals surface area contributed by atoms with Gasteiger partial charge in [0.1, 0.15) is 22.0 Å². The van der Waals surface area contributed by atoms with Gasteiger partial charge in [-0.2, -0.15) is 5.26 Å². The minimum atomic E-state index is 0.216. The second-order valence-electron chi connectivity index (χ2n) is 3.69. The van der Waals surface area contributed by atoms with Crippen LogP contribution in [0.1, 0.15) is 5.69 Å². The summed E-state index contributed by atoms with van der Waals surface area (Å²) < 4.78 is 11.2. The molecule has 0 saturated heterocycles. The number of rotatable bonds is 4. The molecule has 0 atom stereocenters. The molecule has 0 aliphatic carbocycles. The number of anilines is 2. The fraction of sp³-hybridized carbons (Fsp3) is 0.154. The molecule has 1 aromatic carbocycles. The average Bonchev–Trinajstić information content (AvgIpc) is 2.49. The van der Waals surface area contributed by atoms with Gasteiger partial charge < -0.3 is 14.8 Å². The zero-order chi connectivity index (χ0) is 14.5. The maximum atomic E-state index is 8.99. The van der Waals surface area contributed by atoms with E-state index in [9.17, 15) is 0 Å². The number of nitrogens with one attached hydrogen (secondary N) is 1. The number of methoxy groups -OCH3 is 2. The van der Waals surface area contributed by atoms with Gasteiger partial charge in [-0.25, -0.2) is 9.97 Å². The van der Waals surface area contributed by atoms with Crippen LogP contribution in [0.15, 0.2) is 29.0 Å². The highest BCUT2D eigenvalue weighted by Crippen LogP contribution is 2.38. The molecule has 2 aromatic rings. The Bertz CT molecular complexity index is 645. The van der Waals surface area contributed by atoms with Crippen LogP contribution in [0.3, 0.4) is 0 Å². The van der Waals surface area contributed by atoms with Crippen LogP contribution in [0.4, 0.5) is 11.5 Å². The Balaban J connectivity index is 2.41. The summed E-state index contributed by atoms with van der Waals surface area (Å²) >= 11 is 3.39. The molecule has 0 radical (unpaired) electrons. The number of halogens is 1. The van der Waals surface area contributed by atoms with Crippen molar-refractivity contribution in [3.8, 4) is 17.6 Å². The van der Waals surface area contributed by atoms with Crippen LogP contribution in [0.25, 0.3) is 0 Å². The van der Waals surface area contributed by atoms with Crippen molar-refractivity contribution in [1.29, 1.82) is 5.26 Å². The van der Waals surface area contributed by atoms with Gasteiger partial charge >= 0.3 is 0 Å². The first-order valence-corrected chi connectivity index (χ1v) is 6.38. The molecule has 0 saturated carbocycles. The van der Waals surface area contributed by atoms with Gasteiger partial charge in [0.25, 0.3) is 0 Å². The summed E-state index contributed by atoms with van der Waals surface area (Å²) in [7, 11) is 3.12. The Morgan fingerprint density at radius 1 is 1.15 bits per heavy atom. The van der Waals surface area contributed by atoms with Crippen molar-refractivity contribution >= 4 is 27.4 Å². The lowest BCUT2D eigenvalue weighted by molar-refractivity contribution is 0.390. The average molecular weight is 335 g/mol. The first-order valence-electron chi connectivity index (χ1n) is 5.59. The largest absolute Gasteiger partial charge is 0.495 e. The lowest BCUT2D eigenvalue weighted by atomic mass is 10.2.